The van der Waals surface area contributed by atoms with Gasteiger partial charge in [-0.2, -0.15) is 0 Å². The molecule has 1 saturated carbocycles. The monoisotopic (exact) mass is 360 g/mol. The van der Waals surface area contributed by atoms with Crippen LogP contribution < -0.4 is 4.74 Å². The zero-order valence-electron chi connectivity index (χ0n) is 15.3. The first-order valence-electron chi connectivity index (χ1n) is 8.94. The van der Waals surface area contributed by atoms with Crippen molar-refractivity contribution in [2.45, 2.75) is 26.7 Å². The van der Waals surface area contributed by atoms with Gasteiger partial charge in [0.2, 0.25) is 0 Å². The van der Waals surface area contributed by atoms with Crippen LogP contribution in [0.3, 0.4) is 0 Å². The van der Waals surface area contributed by atoms with Gasteiger partial charge < -0.3 is 9.84 Å². The molecule has 1 aliphatic carbocycles. The summed E-state index contributed by atoms with van der Waals surface area (Å²) in [5.74, 6) is 0.129. The Kier molecular flexibility index (Phi) is 3.99. The summed E-state index contributed by atoms with van der Waals surface area (Å²) in [7, 11) is 0. The normalized spacial score (nSPS) is 19.0. The van der Waals surface area contributed by atoms with E-state index in [-0.39, 0.29) is 52.5 Å². The zero-order chi connectivity index (χ0) is 19.2. The van der Waals surface area contributed by atoms with Crippen molar-refractivity contribution in [3.8, 4) is 5.75 Å². The molecule has 0 spiro atoms. The standard InChI is InChI=1S/C23H20O4/c1-23(2)12-16(24)20(17(25)13-23)19-15-10-6-7-11-18(15)27-22(21(19)26)14-8-4-3-5-9-14/h3-11,26H,12-13H2,1-2H3. The summed E-state index contributed by atoms with van der Waals surface area (Å²) < 4.78 is 5.94. The second-order valence-corrected chi connectivity index (χ2v) is 7.76. The van der Waals surface area contributed by atoms with Gasteiger partial charge in [0, 0.05) is 29.5 Å². The molecule has 2 aliphatic rings. The van der Waals surface area contributed by atoms with Crippen molar-refractivity contribution >= 4 is 22.9 Å². The Morgan fingerprint density at radius 2 is 1.44 bits per heavy atom. The van der Waals surface area contributed by atoms with Gasteiger partial charge in [-0.25, -0.2) is 0 Å². The highest BCUT2D eigenvalue weighted by Gasteiger charge is 2.40. The second kappa shape index (κ2) is 6.23. The predicted octanol–water partition coefficient (Wildman–Crippen LogP) is 4.72. The van der Waals surface area contributed by atoms with E-state index < -0.39 is 0 Å². The van der Waals surface area contributed by atoms with Crippen LogP contribution in [0.15, 0.2) is 65.9 Å². The molecule has 0 saturated heterocycles. The van der Waals surface area contributed by atoms with Crippen molar-refractivity contribution in [3.63, 3.8) is 0 Å². The minimum Gasteiger partial charge on any atom is -0.504 e. The van der Waals surface area contributed by atoms with Crippen molar-refractivity contribution < 1.29 is 19.4 Å². The fourth-order valence-electron chi connectivity index (χ4n) is 3.74. The van der Waals surface area contributed by atoms with Gasteiger partial charge in [0.25, 0.3) is 0 Å². The van der Waals surface area contributed by atoms with Crippen molar-refractivity contribution in [1.29, 1.82) is 0 Å². The molecular weight excluding hydrogens is 340 g/mol. The summed E-state index contributed by atoms with van der Waals surface area (Å²) in [5, 5.41) is 11.0. The molecular formula is C23H20O4. The SMILES string of the molecule is CC1(C)CC(=O)C(=C2C(O)=C(c3ccccc3)Oc3ccccc32)C(=O)C1. The minimum atomic E-state index is -0.371. The Morgan fingerprint density at radius 1 is 0.852 bits per heavy atom. The van der Waals surface area contributed by atoms with Crippen LogP contribution in [0.1, 0.15) is 37.8 Å². The van der Waals surface area contributed by atoms with Gasteiger partial charge in [-0.15, -0.1) is 0 Å². The first-order chi connectivity index (χ1) is 12.9. The average molecular weight is 360 g/mol. The Bertz CT molecular complexity index is 988. The molecule has 0 radical (unpaired) electrons. The third-order valence-electron chi connectivity index (χ3n) is 4.94. The van der Waals surface area contributed by atoms with Gasteiger partial charge in [0.05, 0.1) is 5.57 Å². The third-order valence-corrected chi connectivity index (χ3v) is 4.94. The van der Waals surface area contributed by atoms with E-state index in [0.717, 1.165) is 0 Å². The number of carbonyl (C=O) groups is 2. The Balaban J connectivity index is 1.98. The van der Waals surface area contributed by atoms with Crippen molar-refractivity contribution in [1.82, 2.24) is 0 Å². The van der Waals surface area contributed by atoms with Gasteiger partial charge in [0.15, 0.2) is 23.1 Å². The van der Waals surface area contributed by atoms with E-state index in [1.54, 1.807) is 18.2 Å². The number of hydrogen-bond donors (Lipinski definition) is 1. The van der Waals surface area contributed by atoms with Crippen molar-refractivity contribution in [2.75, 3.05) is 0 Å². The topological polar surface area (TPSA) is 63.6 Å². The molecule has 136 valence electrons. The van der Waals surface area contributed by atoms with Crippen LogP contribution in [-0.2, 0) is 9.59 Å². The van der Waals surface area contributed by atoms with E-state index in [9.17, 15) is 14.7 Å². The second-order valence-electron chi connectivity index (χ2n) is 7.76. The molecule has 0 aromatic heterocycles. The summed E-state index contributed by atoms with van der Waals surface area (Å²) in [4.78, 5) is 25.7. The molecule has 0 unspecified atom stereocenters. The maximum absolute atomic E-state index is 12.9. The van der Waals surface area contributed by atoms with Crippen LogP contribution >= 0.6 is 0 Å². The first kappa shape index (κ1) is 17.3. The lowest BCUT2D eigenvalue weighted by atomic mass is 9.72. The van der Waals surface area contributed by atoms with E-state index in [2.05, 4.69) is 0 Å². The molecule has 1 heterocycles. The van der Waals surface area contributed by atoms with E-state index in [1.165, 1.54) is 0 Å². The number of aliphatic hydroxyl groups is 1. The number of carbonyl (C=O) groups excluding carboxylic acids is 2. The summed E-state index contributed by atoms with van der Waals surface area (Å²) in [5.41, 5.74) is 1.23. The Hall–Kier alpha value is -3.14. The highest BCUT2D eigenvalue weighted by molar-refractivity contribution is 6.28. The Morgan fingerprint density at radius 3 is 2.11 bits per heavy atom. The third kappa shape index (κ3) is 2.97. The molecule has 2 aromatic rings. The fourth-order valence-corrected chi connectivity index (χ4v) is 3.74. The van der Waals surface area contributed by atoms with Crippen LogP contribution in [0.2, 0.25) is 0 Å². The van der Waals surface area contributed by atoms with Gasteiger partial charge in [0.1, 0.15) is 5.75 Å². The number of Topliss-reactive ketones (excluding diaryl/α,β-unsaturated/α-hetero) is 2. The zero-order valence-corrected chi connectivity index (χ0v) is 15.3. The first-order valence-corrected chi connectivity index (χ1v) is 8.94. The smallest absolute Gasteiger partial charge is 0.176 e. The number of benzene rings is 2. The molecule has 0 bridgehead atoms. The lowest BCUT2D eigenvalue weighted by molar-refractivity contribution is -0.127. The van der Waals surface area contributed by atoms with Gasteiger partial charge >= 0.3 is 0 Å². The molecule has 1 N–H and O–H groups in total. The number of para-hydroxylation sites is 1. The molecule has 0 atom stereocenters. The molecule has 1 aliphatic heterocycles. The summed E-state index contributed by atoms with van der Waals surface area (Å²) in [6, 6.07) is 16.3. The van der Waals surface area contributed by atoms with Crippen molar-refractivity contribution in [3.05, 3.63) is 77.1 Å². The Labute approximate surface area is 157 Å². The number of rotatable bonds is 1. The lowest BCUT2D eigenvalue weighted by Crippen LogP contribution is -2.32. The maximum Gasteiger partial charge on any atom is 0.176 e. The van der Waals surface area contributed by atoms with Crippen LogP contribution in [0.4, 0.5) is 0 Å². The van der Waals surface area contributed by atoms with Crippen LogP contribution in [0.25, 0.3) is 11.3 Å². The van der Waals surface area contributed by atoms with Crippen LogP contribution in [0.5, 0.6) is 5.75 Å². The fraction of sp³-hybridized carbons (Fsp3) is 0.217. The van der Waals surface area contributed by atoms with Gasteiger partial charge in [-0.1, -0.05) is 62.4 Å². The molecule has 4 nitrogen and oxygen atoms in total. The molecule has 4 heteroatoms. The van der Waals surface area contributed by atoms with Gasteiger partial charge in [-0.3, -0.25) is 9.59 Å². The van der Waals surface area contributed by atoms with E-state index >= 15 is 0 Å². The van der Waals surface area contributed by atoms with E-state index in [0.29, 0.717) is 16.9 Å². The number of aliphatic hydroxyl groups excluding tert-OH is 1. The molecule has 27 heavy (non-hydrogen) atoms. The number of allylic oxidation sites excluding steroid dienone is 2. The van der Waals surface area contributed by atoms with Gasteiger partial charge in [-0.05, 0) is 11.5 Å². The van der Waals surface area contributed by atoms with E-state index in [1.807, 2.05) is 50.2 Å². The van der Waals surface area contributed by atoms with Crippen molar-refractivity contribution in [2.24, 2.45) is 5.41 Å². The summed E-state index contributed by atoms with van der Waals surface area (Å²) in [6.07, 6.45) is 0.545. The molecule has 0 amide bonds. The van der Waals surface area contributed by atoms with E-state index in [4.69, 9.17) is 4.74 Å². The quantitative estimate of drug-likeness (QED) is 0.590. The van der Waals surface area contributed by atoms with Crippen LogP contribution in [-0.4, -0.2) is 16.7 Å². The highest BCUT2D eigenvalue weighted by Crippen LogP contribution is 2.45. The number of fused-ring (bicyclic) bond motifs is 1. The number of ketones is 2. The predicted molar refractivity (Wildman–Crippen MR) is 103 cm³/mol. The summed E-state index contributed by atoms with van der Waals surface area (Å²) in [6.45, 7) is 3.82. The number of ether oxygens (including phenoxy) is 1. The minimum absolute atomic E-state index is 0.0796. The highest BCUT2D eigenvalue weighted by atomic mass is 16.5. The summed E-state index contributed by atoms with van der Waals surface area (Å²) >= 11 is 0. The molecule has 4 rings (SSSR count). The maximum atomic E-state index is 12.9. The lowest BCUT2D eigenvalue weighted by Gasteiger charge is -2.31. The average Bonchev–Trinajstić information content (AvgIpc) is 2.62. The van der Waals surface area contributed by atoms with Crippen LogP contribution in [0, 0.1) is 5.41 Å². The number of hydrogen-bond acceptors (Lipinski definition) is 4. The molecule has 2 aromatic carbocycles. The molecule has 1 fully saturated rings. The largest absolute Gasteiger partial charge is 0.504 e.